The minimum absolute atomic E-state index is 0.00485. The van der Waals surface area contributed by atoms with E-state index in [0.717, 1.165) is 0 Å². The van der Waals surface area contributed by atoms with Gasteiger partial charge in [-0.05, 0) is 0 Å². The molecule has 4 N–H and O–H groups in total. The minimum atomic E-state index is -0.984. The van der Waals surface area contributed by atoms with Crippen molar-refractivity contribution in [1.29, 1.82) is 0 Å². The van der Waals surface area contributed by atoms with Crippen LogP contribution in [0.25, 0.3) is 11.2 Å². The Hall–Kier alpha value is -2.26. The molecule has 0 bridgehead atoms. The third-order valence-electron chi connectivity index (χ3n) is 2.39. The second-order valence-corrected chi connectivity index (χ2v) is 4.00. The number of hydrogen-bond acceptors (Lipinski definition) is 6. The largest absolute Gasteiger partial charge is 0.394 e. The number of aromatic nitrogens is 4. The summed E-state index contributed by atoms with van der Waals surface area (Å²) in [5.74, 6) is -0.366. The zero-order valence-corrected chi connectivity index (χ0v) is 10.1. The van der Waals surface area contributed by atoms with E-state index in [1.807, 2.05) is 0 Å². The summed E-state index contributed by atoms with van der Waals surface area (Å²) in [7, 11) is 0. The molecule has 0 aliphatic heterocycles. The maximum absolute atomic E-state index is 11.7. The van der Waals surface area contributed by atoms with E-state index in [-0.39, 0.29) is 29.6 Å². The molecule has 9 heteroatoms. The maximum Gasteiger partial charge on any atom is 0.280 e. The third kappa shape index (κ3) is 2.77. The molecule has 0 aliphatic carbocycles. The van der Waals surface area contributed by atoms with Crippen molar-refractivity contribution in [3.05, 3.63) is 16.7 Å². The topological polar surface area (TPSA) is 133 Å². The summed E-state index contributed by atoms with van der Waals surface area (Å²) >= 11 is 0. The zero-order chi connectivity index (χ0) is 14.0. The number of H-pyrrole nitrogens is 1. The first-order chi connectivity index (χ1) is 9.01. The van der Waals surface area contributed by atoms with E-state index >= 15 is 0 Å². The molecule has 2 aromatic rings. The van der Waals surface area contributed by atoms with Crippen molar-refractivity contribution in [3.8, 4) is 0 Å². The van der Waals surface area contributed by atoms with E-state index < -0.39 is 18.3 Å². The van der Waals surface area contributed by atoms with E-state index in [1.165, 1.54) is 17.8 Å². The fourth-order valence-corrected chi connectivity index (χ4v) is 1.60. The molecule has 2 aromatic heterocycles. The van der Waals surface area contributed by atoms with Gasteiger partial charge in [0, 0.05) is 6.92 Å². The minimum Gasteiger partial charge on any atom is -0.394 e. The normalized spacial score (nSPS) is 12.6. The van der Waals surface area contributed by atoms with Crippen LogP contribution in [0.2, 0.25) is 0 Å². The molecule has 1 unspecified atom stereocenters. The fourth-order valence-electron chi connectivity index (χ4n) is 1.60. The summed E-state index contributed by atoms with van der Waals surface area (Å²) in [5.41, 5.74) is -0.176. The number of amides is 1. The van der Waals surface area contributed by atoms with Gasteiger partial charge in [0.15, 0.2) is 11.2 Å². The van der Waals surface area contributed by atoms with E-state index in [0.29, 0.717) is 0 Å². The van der Waals surface area contributed by atoms with Gasteiger partial charge in [0.25, 0.3) is 5.56 Å². The first-order valence-electron chi connectivity index (χ1n) is 5.53. The maximum atomic E-state index is 11.7. The molecule has 1 atom stereocenters. The van der Waals surface area contributed by atoms with Gasteiger partial charge in [-0.1, -0.05) is 0 Å². The van der Waals surface area contributed by atoms with Crippen molar-refractivity contribution in [2.24, 2.45) is 0 Å². The van der Waals surface area contributed by atoms with Crippen molar-refractivity contribution in [2.75, 3.05) is 11.9 Å². The second-order valence-electron chi connectivity index (χ2n) is 4.00. The van der Waals surface area contributed by atoms with Gasteiger partial charge >= 0.3 is 0 Å². The summed E-state index contributed by atoms with van der Waals surface area (Å²) in [5, 5.41) is 20.6. The molecule has 1 amide bonds. The average molecular weight is 267 g/mol. The van der Waals surface area contributed by atoms with Crippen LogP contribution in [0.1, 0.15) is 6.92 Å². The number of anilines is 1. The van der Waals surface area contributed by atoms with Crippen LogP contribution in [0.5, 0.6) is 0 Å². The van der Waals surface area contributed by atoms with Gasteiger partial charge in [-0.3, -0.25) is 19.9 Å². The quantitative estimate of drug-likeness (QED) is 0.529. The van der Waals surface area contributed by atoms with Crippen LogP contribution >= 0.6 is 0 Å². The molecule has 0 saturated carbocycles. The molecule has 0 aromatic carbocycles. The number of aliphatic hydroxyl groups is 2. The van der Waals surface area contributed by atoms with E-state index in [9.17, 15) is 14.7 Å². The number of nitrogens with one attached hydrogen (secondary N) is 2. The Kier molecular flexibility index (Phi) is 3.58. The smallest absolute Gasteiger partial charge is 0.280 e. The standard InChI is InChI=1S/C10H13N5O4/c1-5(17)12-10-13-8-7(9(19)14-10)11-4-15(8)2-6(18)3-16/h4,6,16,18H,2-3H2,1H3,(H2,12,13,14,17,19). The van der Waals surface area contributed by atoms with E-state index in [4.69, 9.17) is 5.11 Å². The molecule has 2 heterocycles. The second kappa shape index (κ2) is 5.16. The average Bonchev–Trinajstić information content (AvgIpc) is 2.72. The van der Waals surface area contributed by atoms with Crippen molar-refractivity contribution in [1.82, 2.24) is 19.5 Å². The number of aromatic amines is 1. The Morgan fingerprint density at radius 1 is 1.63 bits per heavy atom. The third-order valence-corrected chi connectivity index (χ3v) is 2.39. The van der Waals surface area contributed by atoms with Crippen LogP contribution in [-0.2, 0) is 11.3 Å². The van der Waals surface area contributed by atoms with Crippen LogP contribution in [0.4, 0.5) is 5.95 Å². The van der Waals surface area contributed by atoms with Crippen LogP contribution in [0.3, 0.4) is 0 Å². The molecule has 0 spiro atoms. The number of hydrogen-bond donors (Lipinski definition) is 4. The lowest BCUT2D eigenvalue weighted by atomic mass is 10.4. The summed E-state index contributed by atoms with van der Waals surface area (Å²) in [6.45, 7) is 0.918. The number of rotatable bonds is 4. The van der Waals surface area contributed by atoms with E-state index in [1.54, 1.807) is 0 Å². The lowest BCUT2D eigenvalue weighted by molar-refractivity contribution is -0.114. The highest BCUT2D eigenvalue weighted by Gasteiger charge is 2.13. The number of carbonyl (C=O) groups excluding carboxylic acids is 1. The number of aliphatic hydroxyl groups excluding tert-OH is 2. The molecule has 9 nitrogen and oxygen atoms in total. The molecule has 19 heavy (non-hydrogen) atoms. The van der Waals surface area contributed by atoms with Crippen LogP contribution in [0.15, 0.2) is 11.1 Å². The highest BCUT2D eigenvalue weighted by atomic mass is 16.3. The van der Waals surface area contributed by atoms with Crippen LogP contribution in [-0.4, -0.2) is 48.4 Å². The van der Waals surface area contributed by atoms with Crippen molar-refractivity contribution < 1.29 is 15.0 Å². The lowest BCUT2D eigenvalue weighted by Gasteiger charge is -2.08. The zero-order valence-electron chi connectivity index (χ0n) is 10.1. The fraction of sp³-hybridized carbons (Fsp3) is 0.400. The van der Waals surface area contributed by atoms with Crippen LogP contribution < -0.4 is 10.9 Å². The van der Waals surface area contributed by atoms with E-state index in [2.05, 4.69) is 20.3 Å². The molecular formula is C10H13N5O4. The molecule has 102 valence electrons. The molecule has 0 saturated heterocycles. The highest BCUT2D eigenvalue weighted by molar-refractivity contribution is 5.87. The van der Waals surface area contributed by atoms with Crippen molar-refractivity contribution in [3.63, 3.8) is 0 Å². The van der Waals surface area contributed by atoms with Gasteiger partial charge in [0.05, 0.1) is 25.6 Å². The molecule has 0 fully saturated rings. The molecule has 2 rings (SSSR count). The van der Waals surface area contributed by atoms with Gasteiger partial charge in [-0.2, -0.15) is 4.98 Å². The summed E-state index contributed by atoms with van der Waals surface area (Å²) in [4.78, 5) is 33.0. The Bertz CT molecular complexity index is 661. The van der Waals surface area contributed by atoms with Gasteiger partial charge in [-0.15, -0.1) is 0 Å². The number of fused-ring (bicyclic) bond motifs is 1. The Morgan fingerprint density at radius 3 is 3.00 bits per heavy atom. The number of carbonyl (C=O) groups is 1. The Labute approximate surface area is 106 Å². The molecule has 0 aliphatic rings. The monoisotopic (exact) mass is 267 g/mol. The first kappa shape index (κ1) is 13.2. The molecule has 0 radical (unpaired) electrons. The predicted octanol–water partition coefficient (Wildman–Crippen LogP) is -1.57. The number of imidazole rings is 1. The number of nitrogens with zero attached hydrogens (tertiary/aromatic N) is 3. The van der Waals surface area contributed by atoms with Crippen molar-refractivity contribution in [2.45, 2.75) is 19.6 Å². The van der Waals surface area contributed by atoms with Gasteiger partial charge in [0.2, 0.25) is 11.9 Å². The van der Waals surface area contributed by atoms with Gasteiger partial charge < -0.3 is 14.8 Å². The highest BCUT2D eigenvalue weighted by Crippen LogP contribution is 2.08. The van der Waals surface area contributed by atoms with Gasteiger partial charge in [-0.25, -0.2) is 4.98 Å². The Balaban J connectivity index is 2.47. The summed E-state index contributed by atoms with van der Waals surface area (Å²) in [6.07, 6.45) is 0.353. The Morgan fingerprint density at radius 2 is 2.37 bits per heavy atom. The summed E-state index contributed by atoms with van der Waals surface area (Å²) in [6, 6.07) is 0. The summed E-state index contributed by atoms with van der Waals surface area (Å²) < 4.78 is 1.43. The van der Waals surface area contributed by atoms with Crippen LogP contribution in [0, 0.1) is 0 Å². The predicted molar refractivity (Wildman–Crippen MR) is 65.5 cm³/mol. The molecular weight excluding hydrogens is 254 g/mol. The van der Waals surface area contributed by atoms with Crippen molar-refractivity contribution >= 4 is 23.0 Å². The lowest BCUT2D eigenvalue weighted by Crippen LogP contribution is -2.21. The SMILES string of the molecule is CC(=O)Nc1nc2c(ncn2CC(O)CO)c(=O)[nH]1. The first-order valence-corrected chi connectivity index (χ1v) is 5.53. The van der Waals surface area contributed by atoms with Gasteiger partial charge in [0.1, 0.15) is 0 Å².